The van der Waals surface area contributed by atoms with Crippen molar-refractivity contribution >= 4 is 33.5 Å². The maximum Gasteiger partial charge on any atom is 0.139 e. The number of aromatic amines is 1. The van der Waals surface area contributed by atoms with Gasteiger partial charge in [0.05, 0.1) is 0 Å². The summed E-state index contributed by atoms with van der Waals surface area (Å²) in [5.74, 6) is 0. The number of halogens is 1. The van der Waals surface area contributed by atoms with Gasteiger partial charge in [0, 0.05) is 5.39 Å². The molecule has 2 heterocycles. The van der Waals surface area contributed by atoms with Crippen LogP contribution in [0.5, 0.6) is 0 Å². The minimum atomic E-state index is 0.466. The number of benzene rings is 1. The Morgan fingerprint density at radius 2 is 1.86 bits per heavy atom. The molecular formula is C9H5ClN4. The second kappa shape index (κ2) is 2.65. The van der Waals surface area contributed by atoms with Crippen molar-refractivity contribution in [2.24, 2.45) is 0 Å². The maximum absolute atomic E-state index is 5.82. The summed E-state index contributed by atoms with van der Waals surface area (Å²) in [6, 6.07) is 7.52. The van der Waals surface area contributed by atoms with Crippen molar-refractivity contribution in [1.82, 2.24) is 20.4 Å². The van der Waals surface area contributed by atoms with Gasteiger partial charge in [-0.1, -0.05) is 17.7 Å². The molecule has 1 N–H and O–H groups in total. The van der Waals surface area contributed by atoms with E-state index < -0.39 is 0 Å². The Bertz CT molecular complexity index is 616. The SMILES string of the molecule is Clc1ccc2ccc3n[nH]nc3c2n1. The molecule has 14 heavy (non-hydrogen) atoms. The van der Waals surface area contributed by atoms with Gasteiger partial charge in [0.2, 0.25) is 0 Å². The summed E-state index contributed by atoms with van der Waals surface area (Å²) >= 11 is 5.82. The van der Waals surface area contributed by atoms with Crippen molar-refractivity contribution < 1.29 is 0 Å². The monoisotopic (exact) mass is 204 g/mol. The van der Waals surface area contributed by atoms with Crippen LogP contribution in [0.1, 0.15) is 0 Å². The number of pyridine rings is 1. The molecule has 0 atom stereocenters. The molecule has 0 amide bonds. The predicted molar refractivity (Wildman–Crippen MR) is 54.2 cm³/mol. The average molecular weight is 205 g/mol. The Morgan fingerprint density at radius 3 is 2.79 bits per heavy atom. The van der Waals surface area contributed by atoms with Gasteiger partial charge in [0.1, 0.15) is 21.7 Å². The molecule has 0 bridgehead atoms. The van der Waals surface area contributed by atoms with Gasteiger partial charge in [-0.05, 0) is 18.2 Å². The van der Waals surface area contributed by atoms with Crippen LogP contribution in [0.3, 0.4) is 0 Å². The zero-order chi connectivity index (χ0) is 9.54. The van der Waals surface area contributed by atoms with E-state index in [4.69, 9.17) is 11.6 Å². The number of hydrogen-bond acceptors (Lipinski definition) is 3. The molecule has 0 aliphatic heterocycles. The number of nitrogens with zero attached hydrogens (tertiary/aromatic N) is 3. The minimum Gasteiger partial charge on any atom is -0.234 e. The molecule has 3 rings (SSSR count). The third-order valence-electron chi connectivity index (χ3n) is 2.11. The number of rotatable bonds is 0. The number of nitrogens with one attached hydrogen (secondary N) is 1. The summed E-state index contributed by atoms with van der Waals surface area (Å²) in [5.41, 5.74) is 2.33. The number of H-pyrrole nitrogens is 1. The molecule has 0 aliphatic rings. The van der Waals surface area contributed by atoms with Crippen molar-refractivity contribution in [2.45, 2.75) is 0 Å². The lowest BCUT2D eigenvalue weighted by molar-refractivity contribution is 0.960. The van der Waals surface area contributed by atoms with Crippen LogP contribution < -0.4 is 0 Å². The summed E-state index contributed by atoms with van der Waals surface area (Å²) in [6.45, 7) is 0. The topological polar surface area (TPSA) is 54.5 Å². The van der Waals surface area contributed by atoms with E-state index in [0.717, 1.165) is 21.9 Å². The second-order valence-electron chi connectivity index (χ2n) is 2.96. The zero-order valence-electron chi connectivity index (χ0n) is 7.03. The van der Waals surface area contributed by atoms with Crippen molar-refractivity contribution in [3.05, 3.63) is 29.4 Å². The molecule has 0 saturated carbocycles. The van der Waals surface area contributed by atoms with Crippen LogP contribution in [0.15, 0.2) is 24.3 Å². The first-order valence-corrected chi connectivity index (χ1v) is 4.48. The highest BCUT2D eigenvalue weighted by Crippen LogP contribution is 2.21. The van der Waals surface area contributed by atoms with Crippen LogP contribution in [0.4, 0.5) is 0 Å². The molecule has 0 aliphatic carbocycles. The van der Waals surface area contributed by atoms with E-state index in [0.29, 0.717) is 5.15 Å². The molecular weight excluding hydrogens is 200 g/mol. The quantitative estimate of drug-likeness (QED) is 0.571. The Labute approximate surface area is 83.9 Å². The summed E-state index contributed by atoms with van der Waals surface area (Å²) in [5, 5.41) is 12.1. The van der Waals surface area contributed by atoms with Crippen molar-refractivity contribution in [1.29, 1.82) is 0 Å². The Hall–Kier alpha value is -1.68. The number of aromatic nitrogens is 4. The highest BCUT2D eigenvalue weighted by molar-refractivity contribution is 6.30. The van der Waals surface area contributed by atoms with E-state index >= 15 is 0 Å². The Balaban J connectivity index is 2.60. The molecule has 0 fully saturated rings. The van der Waals surface area contributed by atoms with Gasteiger partial charge in [-0.3, -0.25) is 0 Å². The summed E-state index contributed by atoms with van der Waals surface area (Å²) in [4.78, 5) is 4.22. The van der Waals surface area contributed by atoms with Crippen LogP contribution in [-0.4, -0.2) is 20.4 Å². The standard InChI is InChI=1S/C9H5ClN4/c10-7-4-2-5-1-3-6-9(8(5)11-7)13-14-12-6/h1-4H,(H,12,13,14). The lowest BCUT2D eigenvalue weighted by Crippen LogP contribution is -1.81. The lowest BCUT2D eigenvalue weighted by atomic mass is 10.2. The van der Waals surface area contributed by atoms with E-state index in [9.17, 15) is 0 Å². The van der Waals surface area contributed by atoms with E-state index in [1.165, 1.54) is 0 Å². The number of fused-ring (bicyclic) bond motifs is 3. The van der Waals surface area contributed by atoms with Gasteiger partial charge < -0.3 is 0 Å². The molecule has 0 spiro atoms. The van der Waals surface area contributed by atoms with E-state index in [1.54, 1.807) is 6.07 Å². The zero-order valence-corrected chi connectivity index (χ0v) is 7.78. The maximum atomic E-state index is 5.82. The Morgan fingerprint density at radius 1 is 1.00 bits per heavy atom. The summed E-state index contributed by atoms with van der Waals surface area (Å²) in [6.07, 6.45) is 0. The van der Waals surface area contributed by atoms with Crippen molar-refractivity contribution in [3.63, 3.8) is 0 Å². The van der Waals surface area contributed by atoms with Crippen LogP contribution in [0.2, 0.25) is 5.15 Å². The van der Waals surface area contributed by atoms with Crippen LogP contribution in [-0.2, 0) is 0 Å². The van der Waals surface area contributed by atoms with Crippen LogP contribution >= 0.6 is 11.6 Å². The van der Waals surface area contributed by atoms with Gasteiger partial charge in [-0.2, -0.15) is 15.4 Å². The fraction of sp³-hybridized carbons (Fsp3) is 0. The average Bonchev–Trinajstić information content (AvgIpc) is 2.65. The lowest BCUT2D eigenvalue weighted by Gasteiger charge is -1.96. The van der Waals surface area contributed by atoms with E-state index in [1.807, 2.05) is 18.2 Å². The summed E-state index contributed by atoms with van der Waals surface area (Å²) < 4.78 is 0. The molecule has 4 nitrogen and oxygen atoms in total. The van der Waals surface area contributed by atoms with Gasteiger partial charge in [0.15, 0.2) is 0 Å². The van der Waals surface area contributed by atoms with Gasteiger partial charge in [-0.15, -0.1) is 0 Å². The molecule has 1 aromatic carbocycles. The fourth-order valence-electron chi connectivity index (χ4n) is 1.47. The molecule has 2 aromatic heterocycles. The van der Waals surface area contributed by atoms with E-state index in [-0.39, 0.29) is 0 Å². The minimum absolute atomic E-state index is 0.466. The Kier molecular flexibility index (Phi) is 1.46. The largest absolute Gasteiger partial charge is 0.234 e. The smallest absolute Gasteiger partial charge is 0.139 e. The molecule has 0 radical (unpaired) electrons. The van der Waals surface area contributed by atoms with Gasteiger partial charge in [-0.25, -0.2) is 4.98 Å². The first-order valence-electron chi connectivity index (χ1n) is 4.10. The highest BCUT2D eigenvalue weighted by atomic mass is 35.5. The number of hydrogen-bond donors (Lipinski definition) is 1. The van der Waals surface area contributed by atoms with Crippen LogP contribution in [0.25, 0.3) is 21.9 Å². The molecule has 0 saturated heterocycles. The normalized spacial score (nSPS) is 11.2. The molecule has 0 unspecified atom stereocenters. The van der Waals surface area contributed by atoms with Gasteiger partial charge in [0.25, 0.3) is 0 Å². The first kappa shape index (κ1) is 7.70. The van der Waals surface area contributed by atoms with Crippen molar-refractivity contribution in [3.8, 4) is 0 Å². The van der Waals surface area contributed by atoms with Crippen molar-refractivity contribution in [2.75, 3.05) is 0 Å². The van der Waals surface area contributed by atoms with E-state index in [2.05, 4.69) is 20.4 Å². The molecule has 68 valence electrons. The molecule has 3 aromatic rings. The van der Waals surface area contributed by atoms with Crippen LogP contribution in [0, 0.1) is 0 Å². The fourth-order valence-corrected chi connectivity index (χ4v) is 1.62. The highest BCUT2D eigenvalue weighted by Gasteiger charge is 2.05. The first-order chi connectivity index (χ1) is 6.84. The third kappa shape index (κ3) is 0.975. The third-order valence-corrected chi connectivity index (χ3v) is 2.32. The predicted octanol–water partition coefficient (Wildman–Crippen LogP) is 2.16. The van der Waals surface area contributed by atoms with Gasteiger partial charge >= 0.3 is 0 Å². The summed E-state index contributed by atoms with van der Waals surface area (Å²) in [7, 11) is 0. The second-order valence-corrected chi connectivity index (χ2v) is 3.35. The molecule has 5 heteroatoms.